The van der Waals surface area contributed by atoms with E-state index in [1.54, 1.807) is 49.6 Å². The summed E-state index contributed by atoms with van der Waals surface area (Å²) < 4.78 is 39.8. The first-order chi connectivity index (χ1) is 17.9. The first-order valence-corrected chi connectivity index (χ1v) is 14.1. The summed E-state index contributed by atoms with van der Waals surface area (Å²) in [6, 6.07) is 21.7. The van der Waals surface area contributed by atoms with Crippen LogP contribution in [0.2, 0.25) is 0 Å². The molecule has 0 spiro atoms. The standard InChI is InChI=1S/C31H37NO5S/c1-23-15-17-26(18-16-23)38(34,35)32(25-11-8-7-9-12-25)22-21-24(2)27-13-10-14-29(36-6)28(27)19-20-30(33)37-31(3,4)5/h7-20,24H,21-22H2,1-6H3/b20-19+. The van der Waals surface area contributed by atoms with Gasteiger partial charge in [-0.25, -0.2) is 13.2 Å². The number of sulfonamides is 1. The summed E-state index contributed by atoms with van der Waals surface area (Å²) in [5, 5.41) is 0. The van der Waals surface area contributed by atoms with Gasteiger partial charge in [0.2, 0.25) is 0 Å². The summed E-state index contributed by atoms with van der Waals surface area (Å²) in [7, 11) is -2.19. The molecule has 1 unspecified atom stereocenters. The second-order valence-corrected chi connectivity index (χ2v) is 12.1. The highest BCUT2D eigenvalue weighted by atomic mass is 32.2. The third-order valence-electron chi connectivity index (χ3n) is 6.06. The fourth-order valence-electron chi connectivity index (χ4n) is 4.12. The molecule has 0 bridgehead atoms. The summed E-state index contributed by atoms with van der Waals surface area (Å²) in [5.41, 5.74) is 2.72. The molecule has 0 fully saturated rings. The van der Waals surface area contributed by atoms with Gasteiger partial charge in [-0.1, -0.05) is 55.0 Å². The molecule has 0 radical (unpaired) electrons. The maximum absolute atomic E-state index is 13.7. The van der Waals surface area contributed by atoms with E-state index in [2.05, 4.69) is 0 Å². The molecule has 0 saturated heterocycles. The number of carbonyl (C=O) groups excluding carboxylic acids is 1. The Morgan fingerprint density at radius 2 is 1.63 bits per heavy atom. The van der Waals surface area contributed by atoms with Gasteiger partial charge < -0.3 is 9.47 Å². The Hall–Kier alpha value is -3.58. The summed E-state index contributed by atoms with van der Waals surface area (Å²) in [6.45, 7) is 9.70. The van der Waals surface area contributed by atoms with Crippen molar-refractivity contribution in [1.29, 1.82) is 0 Å². The maximum atomic E-state index is 13.7. The molecule has 0 aliphatic carbocycles. The monoisotopic (exact) mass is 535 g/mol. The average Bonchev–Trinajstić information content (AvgIpc) is 2.87. The van der Waals surface area contributed by atoms with E-state index in [1.807, 2.05) is 71.0 Å². The number of rotatable bonds is 10. The van der Waals surface area contributed by atoms with Gasteiger partial charge in [0.25, 0.3) is 10.0 Å². The number of para-hydroxylation sites is 1. The molecule has 0 saturated carbocycles. The molecule has 0 amide bonds. The van der Waals surface area contributed by atoms with Gasteiger partial charge in [-0.15, -0.1) is 0 Å². The lowest BCUT2D eigenvalue weighted by Crippen LogP contribution is -2.32. The van der Waals surface area contributed by atoms with Crippen molar-refractivity contribution in [3.8, 4) is 5.75 Å². The van der Waals surface area contributed by atoms with Crippen LogP contribution in [0.1, 0.15) is 56.7 Å². The maximum Gasteiger partial charge on any atom is 0.331 e. The van der Waals surface area contributed by atoms with Gasteiger partial charge in [0.05, 0.1) is 17.7 Å². The molecule has 3 rings (SSSR count). The SMILES string of the molecule is COc1cccc(C(C)CCN(c2ccccc2)S(=O)(=O)c2ccc(C)cc2)c1/C=C/C(=O)OC(C)(C)C. The number of methoxy groups -OCH3 is 1. The van der Waals surface area contributed by atoms with E-state index < -0.39 is 21.6 Å². The van der Waals surface area contributed by atoms with Crippen LogP contribution in [0.3, 0.4) is 0 Å². The molecule has 0 aliphatic heterocycles. The van der Waals surface area contributed by atoms with Gasteiger partial charge in [0.15, 0.2) is 0 Å². The molecule has 0 aromatic heterocycles. The van der Waals surface area contributed by atoms with Crippen molar-refractivity contribution in [2.75, 3.05) is 18.0 Å². The van der Waals surface area contributed by atoms with Crippen molar-refractivity contribution >= 4 is 27.8 Å². The van der Waals surface area contributed by atoms with Crippen molar-refractivity contribution in [1.82, 2.24) is 0 Å². The van der Waals surface area contributed by atoms with E-state index in [1.165, 1.54) is 10.4 Å². The Bertz CT molecular complexity index is 1360. The van der Waals surface area contributed by atoms with Crippen LogP contribution in [-0.4, -0.2) is 33.6 Å². The number of hydrogen-bond acceptors (Lipinski definition) is 5. The third kappa shape index (κ3) is 7.48. The second-order valence-electron chi connectivity index (χ2n) is 10.2. The fraction of sp³-hybridized carbons (Fsp3) is 0.323. The van der Waals surface area contributed by atoms with E-state index in [-0.39, 0.29) is 17.4 Å². The van der Waals surface area contributed by atoms with E-state index in [9.17, 15) is 13.2 Å². The van der Waals surface area contributed by atoms with Crippen molar-refractivity contribution in [3.05, 3.63) is 95.6 Å². The largest absolute Gasteiger partial charge is 0.496 e. The molecule has 0 aliphatic rings. The van der Waals surface area contributed by atoms with Crippen LogP contribution in [0.15, 0.2) is 83.8 Å². The molecule has 6 nitrogen and oxygen atoms in total. The summed E-state index contributed by atoms with van der Waals surface area (Å²) in [4.78, 5) is 12.6. The molecule has 38 heavy (non-hydrogen) atoms. The Kier molecular flexibility index (Phi) is 9.39. The van der Waals surface area contributed by atoms with Crippen LogP contribution < -0.4 is 9.04 Å². The lowest BCUT2D eigenvalue weighted by atomic mass is 9.92. The van der Waals surface area contributed by atoms with Crippen LogP contribution >= 0.6 is 0 Å². The number of esters is 1. The molecule has 202 valence electrons. The van der Waals surface area contributed by atoms with Gasteiger partial charge >= 0.3 is 5.97 Å². The lowest BCUT2D eigenvalue weighted by molar-refractivity contribution is -0.148. The Balaban J connectivity index is 1.91. The molecule has 7 heteroatoms. The van der Waals surface area contributed by atoms with Crippen LogP contribution in [0, 0.1) is 6.92 Å². The van der Waals surface area contributed by atoms with E-state index >= 15 is 0 Å². The highest BCUT2D eigenvalue weighted by Gasteiger charge is 2.26. The van der Waals surface area contributed by atoms with Gasteiger partial charge in [0.1, 0.15) is 11.4 Å². The number of carbonyl (C=O) groups is 1. The highest BCUT2D eigenvalue weighted by molar-refractivity contribution is 7.92. The minimum Gasteiger partial charge on any atom is -0.496 e. The second kappa shape index (κ2) is 12.3. The van der Waals surface area contributed by atoms with Crippen molar-refractivity contribution in [2.24, 2.45) is 0 Å². The minimum absolute atomic E-state index is 0.0391. The first-order valence-electron chi connectivity index (χ1n) is 12.6. The number of anilines is 1. The van der Waals surface area contributed by atoms with Crippen LogP contribution in [0.5, 0.6) is 5.75 Å². The molecule has 0 heterocycles. The number of hydrogen-bond donors (Lipinski definition) is 0. The van der Waals surface area contributed by atoms with Gasteiger partial charge in [-0.2, -0.15) is 0 Å². The Morgan fingerprint density at radius 3 is 2.24 bits per heavy atom. The number of nitrogens with zero attached hydrogens (tertiary/aromatic N) is 1. The fourth-order valence-corrected chi connectivity index (χ4v) is 5.60. The van der Waals surface area contributed by atoms with E-state index in [0.717, 1.165) is 16.7 Å². The lowest BCUT2D eigenvalue weighted by Gasteiger charge is -2.26. The topological polar surface area (TPSA) is 72.9 Å². The molecular weight excluding hydrogens is 498 g/mol. The quantitative estimate of drug-likeness (QED) is 0.212. The smallest absolute Gasteiger partial charge is 0.331 e. The number of benzene rings is 3. The normalized spacial score (nSPS) is 12.8. The van der Waals surface area contributed by atoms with Crippen LogP contribution in [0.4, 0.5) is 5.69 Å². The Morgan fingerprint density at radius 1 is 0.974 bits per heavy atom. The molecular formula is C31H37NO5S. The number of ether oxygens (including phenoxy) is 2. The van der Waals surface area contributed by atoms with Crippen molar-refractivity contribution in [3.63, 3.8) is 0 Å². The summed E-state index contributed by atoms with van der Waals surface area (Å²) in [6.07, 6.45) is 3.65. The molecule has 3 aromatic rings. The zero-order valence-corrected chi connectivity index (χ0v) is 23.8. The van der Waals surface area contributed by atoms with E-state index in [0.29, 0.717) is 17.9 Å². The van der Waals surface area contributed by atoms with Gasteiger partial charge in [-0.3, -0.25) is 4.31 Å². The number of aryl methyl sites for hydroxylation is 1. The first kappa shape index (κ1) is 29.0. The zero-order chi connectivity index (χ0) is 27.9. The van der Waals surface area contributed by atoms with Crippen LogP contribution in [0.25, 0.3) is 6.08 Å². The molecule has 3 aromatic carbocycles. The van der Waals surface area contributed by atoms with Gasteiger partial charge in [0, 0.05) is 18.2 Å². The molecule has 0 N–H and O–H groups in total. The summed E-state index contributed by atoms with van der Waals surface area (Å²) >= 11 is 0. The molecule has 1 atom stereocenters. The highest BCUT2D eigenvalue weighted by Crippen LogP contribution is 2.33. The minimum atomic E-state index is -3.78. The van der Waals surface area contributed by atoms with Crippen molar-refractivity contribution < 1.29 is 22.7 Å². The third-order valence-corrected chi connectivity index (χ3v) is 7.90. The van der Waals surface area contributed by atoms with Gasteiger partial charge in [-0.05, 0) is 82.0 Å². The zero-order valence-electron chi connectivity index (χ0n) is 23.0. The average molecular weight is 536 g/mol. The van der Waals surface area contributed by atoms with Crippen LogP contribution in [-0.2, 0) is 19.6 Å². The van der Waals surface area contributed by atoms with E-state index in [4.69, 9.17) is 9.47 Å². The Labute approximate surface area is 227 Å². The van der Waals surface area contributed by atoms with Crippen molar-refractivity contribution in [2.45, 2.75) is 57.5 Å². The summed E-state index contributed by atoms with van der Waals surface area (Å²) in [5.74, 6) is 0.144. The predicted octanol–water partition coefficient (Wildman–Crippen LogP) is 6.75. The predicted molar refractivity (Wildman–Crippen MR) is 153 cm³/mol.